The monoisotopic (exact) mass is 270 g/mol. The van der Waals surface area contributed by atoms with Gasteiger partial charge in [0.2, 0.25) is 0 Å². The second kappa shape index (κ2) is 5.90. The van der Waals surface area contributed by atoms with Gasteiger partial charge in [-0.15, -0.1) is 0 Å². The number of hydrogen-bond donors (Lipinski definition) is 1. The van der Waals surface area contributed by atoms with Crippen molar-refractivity contribution in [1.29, 1.82) is 0 Å². The summed E-state index contributed by atoms with van der Waals surface area (Å²) in [6, 6.07) is 11.1. The van der Waals surface area contributed by atoms with Crippen LogP contribution in [0.15, 0.2) is 36.5 Å². The Bertz CT molecular complexity index is 584. The highest BCUT2D eigenvalue weighted by Crippen LogP contribution is 2.34. The smallest absolute Gasteiger partial charge is 0.0702 e. The molecule has 1 aromatic heterocycles. The van der Waals surface area contributed by atoms with Crippen LogP contribution >= 0.6 is 0 Å². The van der Waals surface area contributed by atoms with E-state index in [1.807, 2.05) is 12.3 Å². The zero-order valence-electron chi connectivity index (χ0n) is 12.2. The Balaban J connectivity index is 1.96. The summed E-state index contributed by atoms with van der Waals surface area (Å²) in [5.41, 5.74) is 2.40. The van der Waals surface area contributed by atoms with E-state index in [2.05, 4.69) is 48.4 Å². The van der Waals surface area contributed by atoms with Crippen molar-refractivity contribution in [3.63, 3.8) is 0 Å². The van der Waals surface area contributed by atoms with E-state index in [1.165, 1.54) is 10.9 Å². The Hall–Kier alpha value is -1.45. The number of hydrogen-bond acceptors (Lipinski definition) is 3. The molecule has 1 saturated heterocycles. The van der Waals surface area contributed by atoms with E-state index < -0.39 is 0 Å². The van der Waals surface area contributed by atoms with Gasteiger partial charge in [-0.1, -0.05) is 19.1 Å². The van der Waals surface area contributed by atoms with Crippen LogP contribution in [0, 0.1) is 5.92 Å². The molecule has 1 aromatic carbocycles. The lowest BCUT2D eigenvalue weighted by molar-refractivity contribution is 0.0956. The largest absolute Gasteiger partial charge is 0.378 e. The zero-order chi connectivity index (χ0) is 13.9. The normalized spacial score (nSPS) is 24.1. The van der Waals surface area contributed by atoms with Gasteiger partial charge in [-0.25, -0.2) is 0 Å². The van der Waals surface area contributed by atoms with Crippen molar-refractivity contribution in [2.24, 2.45) is 5.92 Å². The molecule has 0 saturated carbocycles. The Morgan fingerprint density at radius 2 is 2.30 bits per heavy atom. The molecular weight excluding hydrogens is 248 g/mol. The molecule has 2 aromatic rings. The molecule has 1 aliphatic rings. The summed E-state index contributed by atoms with van der Waals surface area (Å²) in [7, 11) is 0. The summed E-state index contributed by atoms with van der Waals surface area (Å²) in [6.07, 6.45) is 3.30. The van der Waals surface area contributed by atoms with E-state index in [1.54, 1.807) is 0 Å². The van der Waals surface area contributed by atoms with Crippen molar-refractivity contribution < 1.29 is 4.74 Å². The van der Waals surface area contributed by atoms with E-state index in [0.29, 0.717) is 18.1 Å². The van der Waals surface area contributed by atoms with Crippen LogP contribution in [0.2, 0.25) is 0 Å². The average Bonchev–Trinajstić information content (AvgIpc) is 2.90. The van der Waals surface area contributed by atoms with Crippen LogP contribution in [-0.4, -0.2) is 24.2 Å². The quantitative estimate of drug-likeness (QED) is 0.925. The second-order valence-corrected chi connectivity index (χ2v) is 5.52. The topological polar surface area (TPSA) is 34.2 Å². The number of aromatic nitrogens is 1. The molecule has 3 nitrogen and oxygen atoms in total. The molecule has 0 bridgehead atoms. The van der Waals surface area contributed by atoms with Crippen molar-refractivity contribution in [3.8, 4) is 0 Å². The van der Waals surface area contributed by atoms with Crippen LogP contribution in [0.3, 0.4) is 0 Å². The average molecular weight is 270 g/mol. The lowest BCUT2D eigenvalue weighted by Crippen LogP contribution is -2.31. The number of nitrogens with zero attached hydrogens (tertiary/aromatic N) is 1. The Labute approximate surface area is 120 Å². The van der Waals surface area contributed by atoms with Crippen molar-refractivity contribution in [1.82, 2.24) is 10.3 Å². The molecule has 20 heavy (non-hydrogen) atoms. The third kappa shape index (κ3) is 2.56. The fourth-order valence-electron chi connectivity index (χ4n) is 3.21. The van der Waals surface area contributed by atoms with E-state index in [4.69, 9.17) is 4.74 Å². The maximum atomic E-state index is 5.75. The molecule has 2 heterocycles. The molecule has 3 atom stereocenters. The highest BCUT2D eigenvalue weighted by Gasteiger charge is 2.32. The van der Waals surface area contributed by atoms with Gasteiger partial charge >= 0.3 is 0 Å². The number of pyridine rings is 1. The number of nitrogens with one attached hydrogen (secondary N) is 1. The van der Waals surface area contributed by atoms with E-state index >= 15 is 0 Å². The fraction of sp³-hybridized carbons (Fsp3) is 0.471. The van der Waals surface area contributed by atoms with Gasteiger partial charge in [0, 0.05) is 30.1 Å². The first kappa shape index (κ1) is 13.5. The maximum Gasteiger partial charge on any atom is 0.0702 e. The van der Waals surface area contributed by atoms with Crippen molar-refractivity contribution >= 4 is 10.9 Å². The lowest BCUT2D eigenvalue weighted by atomic mass is 9.87. The zero-order valence-corrected chi connectivity index (χ0v) is 12.2. The second-order valence-electron chi connectivity index (χ2n) is 5.52. The van der Waals surface area contributed by atoms with Crippen molar-refractivity contribution in [3.05, 3.63) is 42.1 Å². The van der Waals surface area contributed by atoms with Gasteiger partial charge in [-0.3, -0.25) is 4.98 Å². The summed E-state index contributed by atoms with van der Waals surface area (Å²) in [4.78, 5) is 4.40. The summed E-state index contributed by atoms with van der Waals surface area (Å²) in [5, 5.41) is 4.84. The molecule has 3 heteroatoms. The predicted octanol–water partition coefficient (Wildman–Crippen LogP) is 3.31. The molecule has 3 rings (SSSR count). The van der Waals surface area contributed by atoms with Gasteiger partial charge in [0.05, 0.1) is 11.6 Å². The molecule has 0 radical (unpaired) electrons. The molecule has 0 aliphatic carbocycles. The van der Waals surface area contributed by atoms with Gasteiger partial charge in [-0.05, 0) is 43.7 Å². The first-order valence-electron chi connectivity index (χ1n) is 7.49. The molecule has 106 valence electrons. The van der Waals surface area contributed by atoms with Crippen LogP contribution in [0.4, 0.5) is 0 Å². The maximum absolute atomic E-state index is 5.75. The van der Waals surface area contributed by atoms with Gasteiger partial charge < -0.3 is 10.1 Å². The van der Waals surface area contributed by atoms with E-state index in [0.717, 1.165) is 25.1 Å². The van der Waals surface area contributed by atoms with Gasteiger partial charge in [0.1, 0.15) is 0 Å². The molecule has 1 aliphatic heterocycles. The minimum absolute atomic E-state index is 0.323. The van der Waals surface area contributed by atoms with Crippen LogP contribution in [0.25, 0.3) is 10.9 Å². The summed E-state index contributed by atoms with van der Waals surface area (Å²) in [5.74, 6) is 0.545. The molecule has 1 N–H and O–H groups in total. The minimum Gasteiger partial charge on any atom is -0.378 e. The molecule has 0 spiro atoms. The fourth-order valence-corrected chi connectivity index (χ4v) is 3.21. The highest BCUT2D eigenvalue weighted by molar-refractivity contribution is 5.79. The first-order chi connectivity index (χ1) is 9.79. The van der Waals surface area contributed by atoms with Crippen LogP contribution in [0.1, 0.15) is 31.9 Å². The molecule has 0 amide bonds. The van der Waals surface area contributed by atoms with Crippen LogP contribution in [-0.2, 0) is 4.74 Å². The highest BCUT2D eigenvalue weighted by atomic mass is 16.5. The minimum atomic E-state index is 0.323. The van der Waals surface area contributed by atoms with E-state index in [-0.39, 0.29) is 0 Å². The lowest BCUT2D eigenvalue weighted by Gasteiger charge is -2.27. The first-order valence-corrected chi connectivity index (χ1v) is 7.49. The van der Waals surface area contributed by atoms with Crippen molar-refractivity contribution in [2.75, 3.05) is 13.2 Å². The number of benzene rings is 1. The summed E-state index contributed by atoms with van der Waals surface area (Å²) >= 11 is 0. The summed E-state index contributed by atoms with van der Waals surface area (Å²) < 4.78 is 5.75. The third-order valence-electron chi connectivity index (χ3n) is 4.27. The van der Waals surface area contributed by atoms with E-state index in [9.17, 15) is 0 Å². The summed E-state index contributed by atoms with van der Waals surface area (Å²) in [6.45, 7) is 6.20. The number of rotatable bonds is 4. The number of fused-ring (bicyclic) bond motifs is 1. The molecule has 1 fully saturated rings. The Morgan fingerprint density at radius 1 is 1.40 bits per heavy atom. The molecule has 3 unspecified atom stereocenters. The van der Waals surface area contributed by atoms with Gasteiger partial charge in [-0.2, -0.15) is 0 Å². The Morgan fingerprint density at radius 3 is 3.05 bits per heavy atom. The predicted molar refractivity (Wildman–Crippen MR) is 81.7 cm³/mol. The SMILES string of the molecule is CCNC(c1ccc2ncccc2c1)C1CCOC1C. The third-order valence-corrected chi connectivity index (χ3v) is 4.27. The van der Waals surface area contributed by atoms with Crippen LogP contribution in [0.5, 0.6) is 0 Å². The van der Waals surface area contributed by atoms with Crippen LogP contribution < -0.4 is 5.32 Å². The molecular formula is C17H22N2O. The van der Waals surface area contributed by atoms with Crippen molar-refractivity contribution in [2.45, 2.75) is 32.4 Å². The van der Waals surface area contributed by atoms with Gasteiger partial charge in [0.15, 0.2) is 0 Å². The van der Waals surface area contributed by atoms with Gasteiger partial charge in [0.25, 0.3) is 0 Å². The Kier molecular flexibility index (Phi) is 3.99. The number of ether oxygens (including phenoxy) is 1. The standard InChI is InChI=1S/C17H22N2O/c1-3-18-17(15-8-10-20-12(15)2)14-6-7-16-13(11-14)5-4-9-19-16/h4-7,9,11-12,15,17-18H,3,8,10H2,1-2H3.